The minimum atomic E-state index is -0.995. The van der Waals surface area contributed by atoms with Gasteiger partial charge in [-0.25, -0.2) is 18.4 Å². The lowest BCUT2D eigenvalue weighted by atomic mass is 9.76. The van der Waals surface area contributed by atoms with E-state index in [1.807, 2.05) is 67.5 Å². The number of ether oxygens (including phenoxy) is 4. The lowest BCUT2D eigenvalue weighted by Crippen LogP contribution is -2.41. The molecule has 4 aromatic rings. The number of benzene rings is 4. The van der Waals surface area contributed by atoms with Crippen LogP contribution in [0.25, 0.3) is 11.1 Å². The van der Waals surface area contributed by atoms with E-state index in [0.29, 0.717) is 22.2 Å². The van der Waals surface area contributed by atoms with Crippen LogP contribution in [0.15, 0.2) is 53.0 Å². The van der Waals surface area contributed by atoms with Crippen molar-refractivity contribution in [1.82, 2.24) is 10.6 Å². The van der Waals surface area contributed by atoms with Gasteiger partial charge in [0.2, 0.25) is 0 Å². The van der Waals surface area contributed by atoms with E-state index >= 15 is 8.78 Å². The number of alkyl carbamates (subject to hydrolysis) is 2. The second-order valence-corrected chi connectivity index (χ2v) is 22.5. The molecule has 1 aliphatic heterocycles. The second-order valence-electron chi connectivity index (χ2n) is 21.7. The summed E-state index contributed by atoms with van der Waals surface area (Å²) in [4.78, 5) is 71.0. The quantitative estimate of drug-likeness (QED) is 0.0528. The summed E-state index contributed by atoms with van der Waals surface area (Å²) in [5, 5.41) is 5.24. The van der Waals surface area contributed by atoms with Crippen molar-refractivity contribution in [3.63, 3.8) is 0 Å². The highest BCUT2D eigenvalue weighted by Gasteiger charge is 2.52. The van der Waals surface area contributed by atoms with Gasteiger partial charge in [0, 0.05) is 26.7 Å². The number of rotatable bonds is 14. The number of hydrogen-bond acceptors (Lipinski definition) is 12. The molecule has 414 valence electrons. The van der Waals surface area contributed by atoms with Gasteiger partial charge in [-0.05, 0) is 211 Å². The first-order valence-corrected chi connectivity index (χ1v) is 25.9. The molecular formula is C58H76BBrF2N2O12. The fourth-order valence-corrected chi connectivity index (χ4v) is 8.34. The maximum Gasteiger partial charge on any atom is 0.494 e. The fourth-order valence-electron chi connectivity index (χ4n) is 8.11. The minimum Gasteiger partial charge on any atom is -0.466 e. The molecule has 76 heavy (non-hydrogen) atoms. The topological polar surface area (TPSA) is 182 Å². The first-order valence-electron chi connectivity index (χ1n) is 25.1. The summed E-state index contributed by atoms with van der Waals surface area (Å²) < 4.78 is 64.5. The minimum absolute atomic E-state index is 0.133. The van der Waals surface area contributed by atoms with Gasteiger partial charge in [-0.2, -0.15) is 0 Å². The zero-order chi connectivity index (χ0) is 57.8. The molecule has 14 nitrogen and oxygen atoms in total. The number of halogens is 3. The van der Waals surface area contributed by atoms with Crippen molar-refractivity contribution in [2.45, 2.75) is 172 Å². The molecule has 2 N–H and O–H groups in total. The first kappa shape index (κ1) is 64.3. The molecule has 1 saturated heterocycles. The van der Waals surface area contributed by atoms with E-state index in [1.165, 1.54) is 0 Å². The predicted octanol–water partition coefficient (Wildman–Crippen LogP) is 12.6. The third-order valence-electron chi connectivity index (χ3n) is 12.2. The molecule has 5 rings (SSSR count). The van der Waals surface area contributed by atoms with Crippen molar-refractivity contribution in [1.29, 1.82) is 0 Å². The van der Waals surface area contributed by atoms with Crippen molar-refractivity contribution in [3.8, 4) is 11.1 Å². The summed E-state index contributed by atoms with van der Waals surface area (Å²) in [5.74, 6) is -2.19. The van der Waals surface area contributed by atoms with Crippen LogP contribution in [0.4, 0.5) is 18.4 Å². The summed E-state index contributed by atoms with van der Waals surface area (Å²) in [7, 11) is -0.720. The van der Waals surface area contributed by atoms with Crippen LogP contribution in [-0.4, -0.2) is 79.4 Å². The van der Waals surface area contributed by atoms with E-state index in [1.54, 1.807) is 106 Å². The lowest BCUT2D eigenvalue weighted by molar-refractivity contribution is -0.144. The Morgan fingerprint density at radius 3 is 1.34 bits per heavy atom. The SMILES string of the molecule is CCOC(=O)C[C@H](NC(=O)OC(C)(C)C)c1cc(-c2c(C)cc(C=O)cc2C)cc(C)c1F.CCOC(=O)C[C@H](NC(=O)OC(C)(C)C)c1cc(B2OC(C)(C)C(C)(C)O2)cc(C)c1F.Cc1cc(C=O)cc(C)c1Br. The Bertz CT molecular complexity index is 2700. The Balaban J connectivity index is 0.000000333. The molecule has 0 unspecified atom stereocenters. The summed E-state index contributed by atoms with van der Waals surface area (Å²) in [6, 6.07) is 11.8. The smallest absolute Gasteiger partial charge is 0.466 e. The molecule has 0 spiro atoms. The van der Waals surface area contributed by atoms with E-state index in [4.69, 9.17) is 28.3 Å². The number of carbonyl (C=O) groups is 6. The average Bonchev–Trinajstić information content (AvgIpc) is 3.51. The van der Waals surface area contributed by atoms with Crippen molar-refractivity contribution >= 4 is 65.2 Å². The molecule has 2 amide bonds. The molecule has 1 fully saturated rings. The predicted molar refractivity (Wildman–Crippen MR) is 294 cm³/mol. The summed E-state index contributed by atoms with van der Waals surface area (Å²) >= 11 is 3.43. The number of aldehydes is 2. The molecule has 0 aromatic heterocycles. The number of amides is 2. The van der Waals surface area contributed by atoms with Crippen LogP contribution < -0.4 is 16.1 Å². The molecule has 18 heteroatoms. The van der Waals surface area contributed by atoms with E-state index < -0.39 is 77.4 Å². The molecular weight excluding hydrogens is 1050 g/mol. The van der Waals surface area contributed by atoms with Crippen LogP contribution in [0.2, 0.25) is 0 Å². The molecule has 1 heterocycles. The van der Waals surface area contributed by atoms with Gasteiger partial charge in [0.15, 0.2) is 0 Å². The molecule has 1 aliphatic rings. The van der Waals surface area contributed by atoms with Gasteiger partial charge in [-0.1, -0.05) is 28.1 Å². The van der Waals surface area contributed by atoms with E-state index in [0.717, 1.165) is 56.0 Å². The van der Waals surface area contributed by atoms with Crippen LogP contribution in [0, 0.1) is 53.2 Å². The largest absolute Gasteiger partial charge is 0.494 e. The van der Waals surface area contributed by atoms with Crippen molar-refractivity contribution < 1.29 is 65.8 Å². The maximum atomic E-state index is 15.3. The zero-order valence-electron chi connectivity index (χ0n) is 47.4. The van der Waals surface area contributed by atoms with Crippen LogP contribution in [-0.2, 0) is 37.8 Å². The van der Waals surface area contributed by atoms with Crippen LogP contribution in [0.1, 0.15) is 173 Å². The monoisotopic (exact) mass is 1120 g/mol. The zero-order valence-corrected chi connectivity index (χ0v) is 49.0. The lowest BCUT2D eigenvalue weighted by Gasteiger charge is -2.32. The summed E-state index contributed by atoms with van der Waals surface area (Å²) in [6.07, 6.45) is -0.380. The van der Waals surface area contributed by atoms with Crippen molar-refractivity contribution in [3.05, 3.63) is 120 Å². The number of aryl methyl sites for hydroxylation is 6. The van der Waals surface area contributed by atoms with Gasteiger partial charge in [-0.15, -0.1) is 0 Å². The van der Waals surface area contributed by atoms with Gasteiger partial charge in [0.1, 0.15) is 35.4 Å². The Morgan fingerprint density at radius 2 is 0.974 bits per heavy atom. The third kappa shape index (κ3) is 18.4. The number of carbonyl (C=O) groups excluding carboxylic acids is 6. The van der Waals surface area contributed by atoms with Crippen LogP contribution in [0.5, 0.6) is 0 Å². The van der Waals surface area contributed by atoms with Gasteiger partial charge in [0.05, 0.1) is 49.3 Å². The number of nitrogens with one attached hydrogen (secondary N) is 2. The fraction of sp³-hybridized carbons (Fsp3) is 0.483. The molecule has 0 saturated carbocycles. The molecule has 0 bridgehead atoms. The normalized spacial score (nSPS) is 14.4. The third-order valence-corrected chi connectivity index (χ3v) is 13.4. The summed E-state index contributed by atoms with van der Waals surface area (Å²) in [6.45, 7) is 32.7. The van der Waals surface area contributed by atoms with Crippen LogP contribution >= 0.6 is 15.9 Å². The molecule has 2 atom stereocenters. The Kier molecular flexibility index (Phi) is 22.7. The van der Waals surface area contributed by atoms with Gasteiger partial charge >= 0.3 is 31.2 Å². The number of esters is 2. The first-order chi connectivity index (χ1) is 35.1. The molecule has 0 radical (unpaired) electrons. The molecule has 4 aromatic carbocycles. The van der Waals surface area contributed by atoms with E-state index in [9.17, 15) is 28.8 Å². The van der Waals surface area contributed by atoms with Gasteiger partial charge in [0.25, 0.3) is 0 Å². The van der Waals surface area contributed by atoms with E-state index in [-0.39, 0.29) is 37.2 Å². The average molecular weight is 1120 g/mol. The summed E-state index contributed by atoms with van der Waals surface area (Å²) in [5.41, 5.74) is 5.72. The highest BCUT2D eigenvalue weighted by Crippen LogP contribution is 2.38. The Hall–Kier alpha value is -5.98. The van der Waals surface area contributed by atoms with E-state index in [2.05, 4.69) is 26.6 Å². The molecule has 0 aliphatic carbocycles. The van der Waals surface area contributed by atoms with Crippen molar-refractivity contribution in [2.24, 2.45) is 0 Å². The standard InChI is InChI=1S/C26H32FNO5.C23H35BFNO6.C9H9BrO/c1-8-32-22(30)13-21(28-25(31)33-26(5,6)7)20-12-19(11-17(4)24(20)27)23-15(2)9-18(14-29)10-16(23)3;1-10-29-18(27)13-17(26-20(28)30-21(3,4)5)16-12-15(11-14(2)19(16)25)24-31-22(6,7)23(8,9)32-24;1-6-3-8(5-11)4-7(2)9(6)10/h9-12,14,21H,8,13H2,1-7H3,(H,28,31);11-12,17H,10,13H2,1-9H3,(H,26,28);3-5H,1-2H3/t21-;17-;/m00./s1. The van der Waals surface area contributed by atoms with Gasteiger partial charge < -0.3 is 38.9 Å². The number of hydrogen-bond donors (Lipinski definition) is 2. The Labute approximate surface area is 456 Å². The maximum absolute atomic E-state index is 15.3. The Morgan fingerprint density at radius 1 is 0.605 bits per heavy atom. The highest BCUT2D eigenvalue weighted by atomic mass is 79.9. The van der Waals surface area contributed by atoms with Crippen LogP contribution in [0.3, 0.4) is 0 Å². The van der Waals surface area contributed by atoms with Gasteiger partial charge in [-0.3, -0.25) is 19.2 Å². The highest BCUT2D eigenvalue weighted by molar-refractivity contribution is 9.10. The second kappa shape index (κ2) is 26.9. The van der Waals surface area contributed by atoms with Crippen molar-refractivity contribution in [2.75, 3.05) is 13.2 Å².